The third-order valence-electron chi connectivity index (χ3n) is 2.94. The first-order chi connectivity index (χ1) is 7.70. The van der Waals surface area contributed by atoms with E-state index in [1.165, 1.54) is 0 Å². The van der Waals surface area contributed by atoms with Crippen molar-refractivity contribution in [3.8, 4) is 24.2 Å². The van der Waals surface area contributed by atoms with Gasteiger partial charge in [-0.05, 0) is 25.1 Å². The molecular weight excluding hydrogens is 228 g/mol. The largest absolute Gasteiger partial charge is 0.404 e. The van der Waals surface area contributed by atoms with E-state index in [1.807, 2.05) is 6.92 Å². The average molecular weight is 252 g/mol. The van der Waals surface area contributed by atoms with Gasteiger partial charge in [-0.2, -0.15) is 0 Å². The van der Waals surface area contributed by atoms with E-state index >= 15 is 0 Å². The van der Waals surface area contributed by atoms with Gasteiger partial charge >= 0.3 is 0 Å². The molecule has 0 heterocycles. The van der Waals surface area contributed by atoms with Crippen LogP contribution in [0.25, 0.3) is 0 Å². The second kappa shape index (κ2) is 6.86. The van der Waals surface area contributed by atoms with Gasteiger partial charge in [0.15, 0.2) is 8.32 Å². The normalized spacial score (nSPS) is 13.5. The monoisotopic (exact) mass is 252 g/mol. The molecule has 0 aliphatic heterocycles. The van der Waals surface area contributed by atoms with Gasteiger partial charge in [0, 0.05) is 0 Å². The summed E-state index contributed by atoms with van der Waals surface area (Å²) < 4.78 is 11.2. The Bertz CT molecular complexity index is 323. The molecule has 0 saturated heterocycles. The molecule has 0 amide bonds. The van der Waals surface area contributed by atoms with Crippen molar-refractivity contribution in [1.29, 1.82) is 0 Å². The summed E-state index contributed by atoms with van der Waals surface area (Å²) in [6.45, 7) is 13.8. The predicted octanol–water partition coefficient (Wildman–Crippen LogP) is 3.05. The molecule has 1 unspecified atom stereocenters. The van der Waals surface area contributed by atoms with Crippen LogP contribution in [-0.2, 0) is 9.16 Å². The molecule has 3 heteroatoms. The van der Waals surface area contributed by atoms with E-state index in [2.05, 4.69) is 51.6 Å². The fourth-order valence-electron chi connectivity index (χ4n) is 0.995. The van der Waals surface area contributed by atoms with E-state index in [0.29, 0.717) is 13.2 Å². The molecule has 1 atom stereocenters. The second-order valence-corrected chi connectivity index (χ2v) is 10.3. The standard InChI is InChI=1S/C14H24O2Si/c1-8-11-15-12-9-10-13(2)16-17(6,7)14(3,4)5/h1,13H,11-12H2,2-7H3. The van der Waals surface area contributed by atoms with Gasteiger partial charge in [0.1, 0.15) is 19.3 Å². The highest BCUT2D eigenvalue weighted by Crippen LogP contribution is 2.37. The van der Waals surface area contributed by atoms with E-state index in [9.17, 15) is 0 Å². The Balaban J connectivity index is 4.18. The third kappa shape index (κ3) is 6.53. The highest BCUT2D eigenvalue weighted by Gasteiger charge is 2.38. The molecule has 2 nitrogen and oxygen atoms in total. The molecule has 0 aromatic rings. The van der Waals surface area contributed by atoms with Gasteiger partial charge in [-0.3, -0.25) is 0 Å². The summed E-state index contributed by atoms with van der Waals surface area (Å²) in [4.78, 5) is 0. The zero-order valence-electron chi connectivity index (χ0n) is 11.9. The zero-order valence-corrected chi connectivity index (χ0v) is 12.9. The molecule has 0 rings (SSSR count). The fourth-order valence-corrected chi connectivity index (χ4v) is 2.29. The zero-order chi connectivity index (χ0) is 13.5. The van der Waals surface area contributed by atoms with Gasteiger partial charge < -0.3 is 9.16 Å². The maximum Gasteiger partial charge on any atom is 0.193 e. The van der Waals surface area contributed by atoms with Crippen LogP contribution >= 0.6 is 0 Å². The van der Waals surface area contributed by atoms with Crippen LogP contribution in [0, 0.1) is 24.2 Å². The lowest BCUT2D eigenvalue weighted by Crippen LogP contribution is -2.43. The summed E-state index contributed by atoms with van der Waals surface area (Å²) in [5, 5.41) is 0.211. The minimum Gasteiger partial charge on any atom is -0.404 e. The van der Waals surface area contributed by atoms with Crippen LogP contribution in [0.3, 0.4) is 0 Å². The van der Waals surface area contributed by atoms with E-state index in [1.54, 1.807) is 0 Å². The van der Waals surface area contributed by atoms with Crippen LogP contribution in [0.4, 0.5) is 0 Å². The number of ether oxygens (including phenoxy) is 1. The summed E-state index contributed by atoms with van der Waals surface area (Å²) in [5.41, 5.74) is 0. The van der Waals surface area contributed by atoms with E-state index in [0.717, 1.165) is 0 Å². The van der Waals surface area contributed by atoms with Crippen LogP contribution < -0.4 is 0 Å². The SMILES string of the molecule is C#CCOCC#CC(C)O[Si](C)(C)C(C)(C)C. The van der Waals surface area contributed by atoms with Crippen molar-refractivity contribution in [1.82, 2.24) is 0 Å². The summed E-state index contributed by atoms with van der Waals surface area (Å²) >= 11 is 0. The molecular formula is C14H24O2Si. The Morgan fingerprint density at radius 1 is 1.24 bits per heavy atom. The molecule has 96 valence electrons. The second-order valence-electron chi connectivity index (χ2n) is 5.54. The quantitative estimate of drug-likeness (QED) is 0.435. The smallest absolute Gasteiger partial charge is 0.193 e. The highest BCUT2D eigenvalue weighted by atomic mass is 28.4. The van der Waals surface area contributed by atoms with Crippen LogP contribution in [0.1, 0.15) is 27.7 Å². The minimum atomic E-state index is -1.72. The third-order valence-corrected chi connectivity index (χ3v) is 7.50. The first-order valence-corrected chi connectivity index (χ1v) is 8.79. The number of hydrogen-bond acceptors (Lipinski definition) is 2. The number of terminal acetylenes is 1. The van der Waals surface area contributed by atoms with E-state index in [4.69, 9.17) is 15.6 Å². The predicted molar refractivity (Wildman–Crippen MR) is 75.2 cm³/mol. The molecule has 0 N–H and O–H groups in total. The summed E-state index contributed by atoms with van der Waals surface area (Å²) in [7, 11) is -1.72. The van der Waals surface area contributed by atoms with Crippen molar-refractivity contribution in [2.45, 2.75) is 51.9 Å². The average Bonchev–Trinajstić information content (AvgIpc) is 2.14. The van der Waals surface area contributed by atoms with Crippen LogP contribution in [0.2, 0.25) is 18.1 Å². The molecule has 0 aliphatic rings. The fraction of sp³-hybridized carbons (Fsp3) is 0.714. The molecule has 0 spiro atoms. The lowest BCUT2D eigenvalue weighted by Gasteiger charge is -2.37. The van der Waals surface area contributed by atoms with Gasteiger partial charge in [0.25, 0.3) is 0 Å². The number of rotatable bonds is 4. The van der Waals surface area contributed by atoms with Crippen molar-refractivity contribution in [2.75, 3.05) is 13.2 Å². The Kier molecular flexibility index (Phi) is 6.56. The molecule has 0 fully saturated rings. The van der Waals surface area contributed by atoms with E-state index in [-0.39, 0.29) is 11.1 Å². The van der Waals surface area contributed by atoms with Crippen molar-refractivity contribution in [2.24, 2.45) is 0 Å². The lowest BCUT2D eigenvalue weighted by atomic mass is 10.2. The van der Waals surface area contributed by atoms with Gasteiger partial charge in [0.05, 0.1) is 0 Å². The summed E-state index contributed by atoms with van der Waals surface area (Å²) in [6.07, 6.45) is 5.01. The van der Waals surface area contributed by atoms with Gasteiger partial charge in [0.2, 0.25) is 0 Å². The number of hydrogen-bond donors (Lipinski definition) is 0. The Labute approximate surface area is 107 Å². The van der Waals surface area contributed by atoms with Gasteiger partial charge in [-0.1, -0.05) is 38.5 Å². The van der Waals surface area contributed by atoms with E-state index < -0.39 is 8.32 Å². The van der Waals surface area contributed by atoms with Crippen LogP contribution in [0.5, 0.6) is 0 Å². The Hall–Kier alpha value is -0.743. The van der Waals surface area contributed by atoms with Crippen molar-refractivity contribution in [3.05, 3.63) is 0 Å². The van der Waals surface area contributed by atoms with Gasteiger partial charge in [-0.25, -0.2) is 0 Å². The minimum absolute atomic E-state index is 0.0506. The Morgan fingerprint density at radius 3 is 2.29 bits per heavy atom. The maximum absolute atomic E-state index is 6.08. The van der Waals surface area contributed by atoms with Crippen LogP contribution in [0.15, 0.2) is 0 Å². The van der Waals surface area contributed by atoms with Crippen molar-refractivity contribution >= 4 is 8.32 Å². The molecule has 0 bridgehead atoms. The topological polar surface area (TPSA) is 18.5 Å². The summed E-state index contributed by atoms with van der Waals surface area (Å²) in [5.74, 6) is 8.36. The molecule has 17 heavy (non-hydrogen) atoms. The lowest BCUT2D eigenvalue weighted by molar-refractivity contribution is 0.203. The highest BCUT2D eigenvalue weighted by molar-refractivity contribution is 6.74. The molecule has 0 saturated carbocycles. The summed E-state index contributed by atoms with van der Waals surface area (Å²) in [6, 6.07) is 0. The first-order valence-electron chi connectivity index (χ1n) is 5.88. The molecule has 0 aliphatic carbocycles. The molecule has 0 aromatic carbocycles. The van der Waals surface area contributed by atoms with Gasteiger partial charge in [-0.15, -0.1) is 6.42 Å². The van der Waals surface area contributed by atoms with Crippen LogP contribution in [-0.4, -0.2) is 27.6 Å². The van der Waals surface area contributed by atoms with Crippen molar-refractivity contribution in [3.63, 3.8) is 0 Å². The van der Waals surface area contributed by atoms with Crippen molar-refractivity contribution < 1.29 is 9.16 Å². The Morgan fingerprint density at radius 2 is 1.82 bits per heavy atom. The molecule has 0 aromatic heterocycles. The first kappa shape index (κ1) is 16.3. The maximum atomic E-state index is 6.08. The molecule has 0 radical (unpaired) electrons.